The number of hydrogen-bond acceptors (Lipinski definition) is 3. The molecule has 90 valence electrons. The molecule has 17 heavy (non-hydrogen) atoms. The molecule has 1 heterocycles. The van der Waals surface area contributed by atoms with E-state index in [0.717, 1.165) is 22.8 Å². The Morgan fingerprint density at radius 3 is 2.88 bits per heavy atom. The first kappa shape index (κ1) is 12.4. The highest BCUT2D eigenvalue weighted by molar-refractivity contribution is 7.07. The lowest BCUT2D eigenvalue weighted by molar-refractivity contribution is 0.303. The Labute approximate surface area is 110 Å². The normalized spacial score (nSPS) is 10.5. The molecule has 2 N–H and O–H groups in total. The zero-order valence-electron chi connectivity index (χ0n) is 9.36. The smallest absolute Gasteiger partial charge is 0.124 e. The van der Waals surface area contributed by atoms with Crippen LogP contribution < -0.4 is 10.5 Å². The van der Waals surface area contributed by atoms with Crippen molar-refractivity contribution in [2.75, 3.05) is 6.54 Å². The fourth-order valence-corrected chi connectivity index (χ4v) is 2.51. The predicted octanol–water partition coefficient (Wildman–Crippen LogP) is 3.48. The van der Waals surface area contributed by atoms with Crippen LogP contribution >= 0.6 is 22.9 Å². The first-order valence-corrected chi connectivity index (χ1v) is 6.74. The summed E-state index contributed by atoms with van der Waals surface area (Å²) in [7, 11) is 0. The van der Waals surface area contributed by atoms with E-state index in [-0.39, 0.29) is 0 Å². The molecule has 0 saturated heterocycles. The summed E-state index contributed by atoms with van der Waals surface area (Å²) >= 11 is 7.80. The number of hydrogen-bond donors (Lipinski definition) is 1. The van der Waals surface area contributed by atoms with Gasteiger partial charge in [0, 0.05) is 10.6 Å². The van der Waals surface area contributed by atoms with Gasteiger partial charge in [-0.15, -0.1) is 0 Å². The lowest BCUT2D eigenvalue weighted by Gasteiger charge is -2.11. The molecule has 4 heteroatoms. The first-order valence-electron chi connectivity index (χ1n) is 5.42. The zero-order valence-corrected chi connectivity index (χ0v) is 10.9. The molecular formula is C13H14ClNOS. The zero-order chi connectivity index (χ0) is 12.1. The van der Waals surface area contributed by atoms with E-state index in [1.807, 2.05) is 23.6 Å². The highest BCUT2D eigenvalue weighted by Crippen LogP contribution is 2.27. The van der Waals surface area contributed by atoms with Gasteiger partial charge in [-0.1, -0.05) is 17.7 Å². The standard InChI is InChI=1S/C13H14ClNOS/c14-12-2-1-3-13(11(12)4-6-15)16-8-10-5-7-17-9-10/h1-3,5,7,9H,4,6,8,15H2. The summed E-state index contributed by atoms with van der Waals surface area (Å²) in [4.78, 5) is 0. The van der Waals surface area contributed by atoms with Gasteiger partial charge in [0.05, 0.1) is 0 Å². The number of halogens is 1. The topological polar surface area (TPSA) is 35.2 Å². The van der Waals surface area contributed by atoms with Crippen LogP contribution in [0.15, 0.2) is 35.0 Å². The van der Waals surface area contributed by atoms with Gasteiger partial charge in [-0.3, -0.25) is 0 Å². The molecule has 1 aromatic carbocycles. The van der Waals surface area contributed by atoms with Gasteiger partial charge in [0.15, 0.2) is 0 Å². The minimum absolute atomic E-state index is 0.568. The summed E-state index contributed by atoms with van der Waals surface area (Å²) in [6.07, 6.45) is 0.735. The van der Waals surface area contributed by atoms with Crippen LogP contribution in [0, 0.1) is 0 Å². The second kappa shape index (κ2) is 6.05. The molecule has 0 aliphatic rings. The van der Waals surface area contributed by atoms with E-state index in [1.165, 1.54) is 5.56 Å². The van der Waals surface area contributed by atoms with Crippen LogP contribution in [-0.4, -0.2) is 6.54 Å². The van der Waals surface area contributed by atoms with Gasteiger partial charge in [0.1, 0.15) is 12.4 Å². The Bertz CT molecular complexity index is 470. The first-order chi connectivity index (χ1) is 8.31. The van der Waals surface area contributed by atoms with Gasteiger partial charge < -0.3 is 10.5 Å². The molecular weight excluding hydrogens is 254 g/mol. The molecule has 0 spiro atoms. The van der Waals surface area contributed by atoms with Crippen LogP contribution in [-0.2, 0) is 13.0 Å². The Balaban J connectivity index is 2.11. The number of nitrogens with two attached hydrogens (primary N) is 1. The maximum absolute atomic E-state index is 6.14. The summed E-state index contributed by atoms with van der Waals surface area (Å²) in [5, 5.41) is 4.84. The van der Waals surface area contributed by atoms with Crippen molar-refractivity contribution < 1.29 is 4.74 Å². The van der Waals surface area contributed by atoms with Crippen molar-refractivity contribution in [3.63, 3.8) is 0 Å². The molecule has 0 fully saturated rings. The predicted molar refractivity (Wildman–Crippen MR) is 72.9 cm³/mol. The lowest BCUT2D eigenvalue weighted by atomic mass is 10.1. The molecule has 0 saturated carbocycles. The summed E-state index contributed by atoms with van der Waals surface area (Å²) in [6, 6.07) is 7.75. The average Bonchev–Trinajstić information content (AvgIpc) is 2.83. The SMILES string of the molecule is NCCc1c(Cl)cccc1OCc1ccsc1. The molecule has 2 aromatic rings. The van der Waals surface area contributed by atoms with Crippen molar-refractivity contribution in [2.45, 2.75) is 13.0 Å². The Morgan fingerprint density at radius 2 is 2.18 bits per heavy atom. The van der Waals surface area contributed by atoms with E-state index in [2.05, 4.69) is 11.4 Å². The summed E-state index contributed by atoms with van der Waals surface area (Å²) in [5.41, 5.74) is 7.74. The van der Waals surface area contributed by atoms with Gasteiger partial charge in [0.25, 0.3) is 0 Å². The number of rotatable bonds is 5. The maximum atomic E-state index is 6.14. The van der Waals surface area contributed by atoms with Crippen molar-refractivity contribution in [3.05, 3.63) is 51.2 Å². The maximum Gasteiger partial charge on any atom is 0.124 e. The van der Waals surface area contributed by atoms with Crippen LogP contribution in [0.5, 0.6) is 5.75 Å². The minimum atomic E-state index is 0.568. The van der Waals surface area contributed by atoms with Crippen LogP contribution in [0.1, 0.15) is 11.1 Å². The van der Waals surface area contributed by atoms with Crippen molar-refractivity contribution in [1.29, 1.82) is 0 Å². The van der Waals surface area contributed by atoms with Gasteiger partial charge >= 0.3 is 0 Å². The van der Waals surface area contributed by atoms with Crippen LogP contribution in [0.2, 0.25) is 5.02 Å². The highest BCUT2D eigenvalue weighted by Gasteiger charge is 2.07. The van der Waals surface area contributed by atoms with E-state index in [0.29, 0.717) is 13.2 Å². The van der Waals surface area contributed by atoms with Gasteiger partial charge in [-0.25, -0.2) is 0 Å². The van der Waals surface area contributed by atoms with E-state index < -0.39 is 0 Å². The summed E-state index contributed by atoms with van der Waals surface area (Å²) in [6.45, 7) is 1.14. The molecule has 0 aliphatic heterocycles. The summed E-state index contributed by atoms with van der Waals surface area (Å²) < 4.78 is 5.78. The number of ether oxygens (including phenoxy) is 1. The molecule has 0 radical (unpaired) electrons. The summed E-state index contributed by atoms with van der Waals surface area (Å²) in [5.74, 6) is 0.828. The Morgan fingerprint density at radius 1 is 1.29 bits per heavy atom. The molecule has 0 atom stereocenters. The lowest BCUT2D eigenvalue weighted by Crippen LogP contribution is -2.06. The molecule has 0 amide bonds. The molecule has 0 bridgehead atoms. The van der Waals surface area contributed by atoms with Gasteiger partial charge in [-0.05, 0) is 47.5 Å². The van der Waals surface area contributed by atoms with E-state index in [1.54, 1.807) is 11.3 Å². The van der Waals surface area contributed by atoms with Crippen molar-refractivity contribution in [1.82, 2.24) is 0 Å². The van der Waals surface area contributed by atoms with E-state index in [9.17, 15) is 0 Å². The second-order valence-corrected chi connectivity index (χ2v) is 4.86. The average molecular weight is 268 g/mol. The van der Waals surface area contributed by atoms with Crippen LogP contribution in [0.3, 0.4) is 0 Å². The second-order valence-electron chi connectivity index (χ2n) is 3.68. The molecule has 0 aliphatic carbocycles. The third-order valence-corrected chi connectivity index (χ3v) is 3.53. The van der Waals surface area contributed by atoms with Crippen molar-refractivity contribution >= 4 is 22.9 Å². The highest BCUT2D eigenvalue weighted by atomic mass is 35.5. The van der Waals surface area contributed by atoms with Crippen molar-refractivity contribution in [3.8, 4) is 5.75 Å². The minimum Gasteiger partial charge on any atom is -0.489 e. The number of thiophene rings is 1. The quantitative estimate of drug-likeness (QED) is 0.900. The molecule has 2 rings (SSSR count). The fraction of sp³-hybridized carbons (Fsp3) is 0.231. The largest absolute Gasteiger partial charge is 0.489 e. The third-order valence-electron chi connectivity index (χ3n) is 2.44. The van der Waals surface area contributed by atoms with E-state index in [4.69, 9.17) is 22.1 Å². The van der Waals surface area contributed by atoms with Crippen LogP contribution in [0.4, 0.5) is 0 Å². The molecule has 0 unspecified atom stereocenters. The molecule has 1 aromatic heterocycles. The Hall–Kier alpha value is -1.03. The number of benzene rings is 1. The molecule has 2 nitrogen and oxygen atoms in total. The van der Waals surface area contributed by atoms with Crippen molar-refractivity contribution in [2.24, 2.45) is 5.73 Å². The van der Waals surface area contributed by atoms with Crippen LogP contribution in [0.25, 0.3) is 0 Å². The van der Waals surface area contributed by atoms with E-state index >= 15 is 0 Å². The monoisotopic (exact) mass is 267 g/mol. The Kier molecular flexibility index (Phi) is 4.42. The van der Waals surface area contributed by atoms with Gasteiger partial charge in [0.2, 0.25) is 0 Å². The van der Waals surface area contributed by atoms with Gasteiger partial charge in [-0.2, -0.15) is 11.3 Å². The third kappa shape index (κ3) is 3.22. The fourth-order valence-electron chi connectivity index (χ4n) is 1.60.